The van der Waals surface area contributed by atoms with Gasteiger partial charge in [0.15, 0.2) is 5.13 Å². The molecule has 22 heavy (non-hydrogen) atoms. The number of aromatic carboxylic acids is 1. The molecule has 0 unspecified atom stereocenters. The van der Waals surface area contributed by atoms with Gasteiger partial charge in [0.05, 0.1) is 0 Å². The second kappa shape index (κ2) is 5.82. The highest BCUT2D eigenvalue weighted by atomic mass is 32.1. The molecule has 0 atom stereocenters. The first-order valence-electron chi connectivity index (χ1n) is 6.28. The van der Waals surface area contributed by atoms with Crippen LogP contribution in [0.2, 0.25) is 0 Å². The van der Waals surface area contributed by atoms with Crippen molar-refractivity contribution in [3.05, 3.63) is 59.3 Å². The number of hydrogen-bond donors (Lipinski definition) is 2. The van der Waals surface area contributed by atoms with Crippen LogP contribution in [0, 0.1) is 0 Å². The van der Waals surface area contributed by atoms with E-state index in [1.807, 2.05) is 0 Å². The van der Waals surface area contributed by atoms with Gasteiger partial charge in [0, 0.05) is 22.7 Å². The molecule has 0 aliphatic carbocycles. The number of carboxylic acids is 1. The Morgan fingerprint density at radius 3 is 2.50 bits per heavy atom. The van der Waals surface area contributed by atoms with Crippen LogP contribution in [0.15, 0.2) is 52.4 Å². The number of nitrogens with zero attached hydrogens (tertiary/aromatic N) is 1. The zero-order valence-corrected chi connectivity index (χ0v) is 12.0. The summed E-state index contributed by atoms with van der Waals surface area (Å²) >= 11 is 1.34. The minimum absolute atomic E-state index is 0.124. The minimum atomic E-state index is -1.12. The maximum Gasteiger partial charge on any atom is 0.371 e. The Labute approximate surface area is 129 Å². The van der Waals surface area contributed by atoms with E-state index in [0.29, 0.717) is 22.0 Å². The van der Waals surface area contributed by atoms with E-state index in [4.69, 9.17) is 9.52 Å². The second-order valence-electron chi connectivity index (χ2n) is 4.34. The van der Waals surface area contributed by atoms with Gasteiger partial charge in [-0.2, -0.15) is 0 Å². The molecule has 0 spiro atoms. The largest absolute Gasteiger partial charge is 0.475 e. The number of aromatic nitrogens is 1. The van der Waals surface area contributed by atoms with Gasteiger partial charge in [0.25, 0.3) is 5.91 Å². The molecule has 2 aromatic heterocycles. The SMILES string of the molecule is O=C(Nc1nccs1)c1ccc(-c2ccc(C(=O)O)o2)cc1. The van der Waals surface area contributed by atoms with Gasteiger partial charge in [0.2, 0.25) is 5.76 Å². The lowest BCUT2D eigenvalue weighted by Gasteiger charge is -2.02. The molecule has 0 saturated heterocycles. The zero-order valence-electron chi connectivity index (χ0n) is 11.1. The van der Waals surface area contributed by atoms with Crippen molar-refractivity contribution in [1.29, 1.82) is 0 Å². The van der Waals surface area contributed by atoms with Crippen molar-refractivity contribution >= 4 is 28.3 Å². The molecular formula is C15H10N2O4S. The predicted octanol–water partition coefficient (Wildman–Crippen LogP) is 3.35. The molecule has 1 amide bonds. The molecule has 0 bridgehead atoms. The van der Waals surface area contributed by atoms with Crippen LogP contribution < -0.4 is 5.32 Å². The summed E-state index contributed by atoms with van der Waals surface area (Å²) in [5, 5.41) is 13.8. The van der Waals surface area contributed by atoms with E-state index in [1.54, 1.807) is 41.9 Å². The maximum absolute atomic E-state index is 12.0. The summed E-state index contributed by atoms with van der Waals surface area (Å²) in [5.74, 6) is -1.07. The average molecular weight is 314 g/mol. The number of amides is 1. The first-order valence-corrected chi connectivity index (χ1v) is 7.16. The number of furan rings is 1. The van der Waals surface area contributed by atoms with Crippen LogP contribution in [0.4, 0.5) is 5.13 Å². The fourth-order valence-corrected chi connectivity index (χ4v) is 2.37. The lowest BCUT2D eigenvalue weighted by molar-refractivity contribution is 0.0663. The van der Waals surface area contributed by atoms with Crippen LogP contribution in [-0.4, -0.2) is 22.0 Å². The van der Waals surface area contributed by atoms with Crippen LogP contribution in [0.25, 0.3) is 11.3 Å². The summed E-state index contributed by atoms with van der Waals surface area (Å²) in [6, 6.07) is 9.64. The van der Waals surface area contributed by atoms with Gasteiger partial charge in [-0.05, 0) is 24.3 Å². The lowest BCUT2D eigenvalue weighted by Crippen LogP contribution is -2.11. The Kier molecular flexibility index (Phi) is 3.71. The summed E-state index contributed by atoms with van der Waals surface area (Å²) in [6.45, 7) is 0. The lowest BCUT2D eigenvalue weighted by atomic mass is 10.1. The molecule has 3 aromatic rings. The zero-order chi connectivity index (χ0) is 15.5. The van der Waals surface area contributed by atoms with Gasteiger partial charge in [-0.25, -0.2) is 9.78 Å². The smallest absolute Gasteiger partial charge is 0.371 e. The summed E-state index contributed by atoms with van der Waals surface area (Å²) in [5.41, 5.74) is 1.17. The second-order valence-corrected chi connectivity index (χ2v) is 5.23. The van der Waals surface area contributed by atoms with Crippen molar-refractivity contribution in [2.75, 3.05) is 5.32 Å². The molecule has 3 rings (SSSR count). The number of anilines is 1. The Balaban J connectivity index is 1.77. The van der Waals surface area contributed by atoms with Gasteiger partial charge in [0.1, 0.15) is 5.76 Å². The third-order valence-corrected chi connectivity index (χ3v) is 3.59. The number of rotatable bonds is 4. The van der Waals surface area contributed by atoms with E-state index >= 15 is 0 Å². The topological polar surface area (TPSA) is 92.4 Å². The minimum Gasteiger partial charge on any atom is -0.475 e. The molecule has 0 aliphatic rings. The van der Waals surface area contributed by atoms with Crippen molar-refractivity contribution in [2.24, 2.45) is 0 Å². The number of benzene rings is 1. The molecule has 6 nitrogen and oxygen atoms in total. The standard InChI is InChI=1S/C15H10N2O4S/c18-13(17-15-16-7-8-22-15)10-3-1-9(2-4-10)11-5-6-12(21-11)14(19)20/h1-8H,(H,19,20)(H,16,17,18). The molecule has 0 radical (unpaired) electrons. The van der Waals surface area contributed by atoms with E-state index in [9.17, 15) is 9.59 Å². The summed E-state index contributed by atoms with van der Waals surface area (Å²) in [4.78, 5) is 26.8. The predicted molar refractivity (Wildman–Crippen MR) is 81.2 cm³/mol. The van der Waals surface area contributed by atoms with Crippen molar-refractivity contribution < 1.29 is 19.1 Å². The summed E-state index contributed by atoms with van der Waals surface area (Å²) < 4.78 is 5.21. The summed E-state index contributed by atoms with van der Waals surface area (Å²) in [6.07, 6.45) is 1.61. The van der Waals surface area contributed by atoms with Crippen LogP contribution in [0.3, 0.4) is 0 Å². The molecular weight excluding hydrogens is 304 g/mol. The Hall–Kier alpha value is -2.93. The highest BCUT2D eigenvalue weighted by Gasteiger charge is 2.12. The van der Waals surface area contributed by atoms with Crippen molar-refractivity contribution in [3.8, 4) is 11.3 Å². The van der Waals surface area contributed by atoms with Gasteiger partial charge in [-0.15, -0.1) is 11.3 Å². The molecule has 2 heterocycles. The van der Waals surface area contributed by atoms with E-state index < -0.39 is 5.97 Å². The maximum atomic E-state index is 12.0. The van der Waals surface area contributed by atoms with Crippen LogP contribution >= 0.6 is 11.3 Å². The van der Waals surface area contributed by atoms with Crippen LogP contribution in [0.5, 0.6) is 0 Å². The molecule has 110 valence electrons. The number of carbonyl (C=O) groups excluding carboxylic acids is 1. The van der Waals surface area contributed by atoms with E-state index in [-0.39, 0.29) is 11.7 Å². The molecule has 2 N–H and O–H groups in total. The first-order chi connectivity index (χ1) is 10.6. The Morgan fingerprint density at radius 1 is 1.14 bits per heavy atom. The molecule has 7 heteroatoms. The third-order valence-electron chi connectivity index (χ3n) is 2.90. The Bertz CT molecular complexity index is 806. The number of carboxylic acid groups (broad SMARTS) is 1. The van der Waals surface area contributed by atoms with Gasteiger partial charge in [-0.1, -0.05) is 12.1 Å². The van der Waals surface area contributed by atoms with E-state index in [0.717, 1.165) is 0 Å². The van der Waals surface area contributed by atoms with Crippen molar-refractivity contribution in [3.63, 3.8) is 0 Å². The average Bonchev–Trinajstić information content (AvgIpc) is 3.18. The van der Waals surface area contributed by atoms with Crippen LogP contribution in [-0.2, 0) is 0 Å². The fourth-order valence-electron chi connectivity index (χ4n) is 1.85. The number of carbonyl (C=O) groups is 2. The summed E-state index contributed by atoms with van der Waals surface area (Å²) in [7, 11) is 0. The third kappa shape index (κ3) is 2.89. The highest BCUT2D eigenvalue weighted by Crippen LogP contribution is 2.23. The van der Waals surface area contributed by atoms with Crippen LogP contribution in [0.1, 0.15) is 20.9 Å². The first kappa shape index (κ1) is 14.0. The van der Waals surface area contributed by atoms with Crippen molar-refractivity contribution in [2.45, 2.75) is 0 Å². The van der Waals surface area contributed by atoms with Gasteiger partial charge >= 0.3 is 5.97 Å². The normalized spacial score (nSPS) is 10.4. The molecule has 0 saturated carbocycles. The van der Waals surface area contributed by atoms with E-state index in [2.05, 4.69) is 10.3 Å². The van der Waals surface area contributed by atoms with E-state index in [1.165, 1.54) is 17.4 Å². The molecule has 0 aliphatic heterocycles. The van der Waals surface area contributed by atoms with Crippen molar-refractivity contribution in [1.82, 2.24) is 4.98 Å². The quantitative estimate of drug-likeness (QED) is 0.770. The highest BCUT2D eigenvalue weighted by molar-refractivity contribution is 7.13. The monoisotopic (exact) mass is 314 g/mol. The fraction of sp³-hybridized carbons (Fsp3) is 0. The van der Waals surface area contributed by atoms with Gasteiger partial charge in [-0.3, -0.25) is 10.1 Å². The number of hydrogen-bond acceptors (Lipinski definition) is 5. The van der Waals surface area contributed by atoms with Gasteiger partial charge < -0.3 is 9.52 Å². The number of nitrogens with one attached hydrogen (secondary N) is 1. The molecule has 1 aromatic carbocycles. The molecule has 0 fully saturated rings. The number of thiazole rings is 1. The Morgan fingerprint density at radius 2 is 1.91 bits per heavy atom.